The van der Waals surface area contributed by atoms with Gasteiger partial charge in [0.05, 0.1) is 15.5 Å². The molecule has 2 aromatic carbocycles. The van der Waals surface area contributed by atoms with Gasteiger partial charge in [0.2, 0.25) is 15.8 Å². The van der Waals surface area contributed by atoms with Crippen molar-refractivity contribution < 1.29 is 22.7 Å². The van der Waals surface area contributed by atoms with Crippen LogP contribution in [-0.4, -0.2) is 26.3 Å². The summed E-state index contributed by atoms with van der Waals surface area (Å²) in [6, 6.07) is 8.61. The molecule has 0 aromatic heterocycles. The highest BCUT2D eigenvalue weighted by atomic mass is 35.5. The number of rotatable bonds is 5. The number of ketones is 1. The number of hydrogen-bond acceptors (Lipinski definition) is 5. The third-order valence-electron chi connectivity index (χ3n) is 3.93. The maximum absolute atomic E-state index is 12.5. The van der Waals surface area contributed by atoms with E-state index < -0.39 is 22.1 Å². The zero-order valence-corrected chi connectivity index (χ0v) is 16.0. The van der Waals surface area contributed by atoms with Gasteiger partial charge < -0.3 is 4.74 Å². The fraction of sp³-hybridized carbons (Fsp3) is 0.222. The Labute approximate surface area is 157 Å². The Kier molecular flexibility index (Phi) is 5.85. The van der Waals surface area contributed by atoms with Gasteiger partial charge in [-0.2, -0.15) is 0 Å². The van der Waals surface area contributed by atoms with E-state index >= 15 is 0 Å². The Morgan fingerprint density at radius 3 is 2.31 bits per heavy atom. The molecule has 26 heavy (non-hydrogen) atoms. The average molecular weight is 396 g/mol. The quantitative estimate of drug-likeness (QED) is 0.619. The summed E-state index contributed by atoms with van der Waals surface area (Å²) in [7, 11) is -4.01. The lowest BCUT2D eigenvalue weighted by molar-refractivity contribution is 0.0318. The van der Waals surface area contributed by atoms with Gasteiger partial charge >= 0.3 is 5.97 Å². The molecule has 2 N–H and O–H groups in total. The average Bonchev–Trinajstić information content (AvgIpc) is 2.55. The van der Waals surface area contributed by atoms with E-state index in [1.807, 2.05) is 19.9 Å². The van der Waals surface area contributed by atoms with Crippen molar-refractivity contribution in [2.45, 2.75) is 31.8 Å². The van der Waals surface area contributed by atoms with Crippen LogP contribution in [0.5, 0.6) is 0 Å². The summed E-state index contributed by atoms with van der Waals surface area (Å²) >= 11 is 5.94. The Morgan fingerprint density at radius 1 is 1.08 bits per heavy atom. The number of ether oxygens (including phenoxy) is 1. The highest BCUT2D eigenvalue weighted by Crippen LogP contribution is 2.22. The van der Waals surface area contributed by atoms with Crippen molar-refractivity contribution >= 4 is 33.4 Å². The molecule has 0 aliphatic rings. The lowest BCUT2D eigenvalue weighted by Crippen LogP contribution is -2.25. The normalized spacial score (nSPS) is 12.5. The first kappa shape index (κ1) is 20.1. The molecule has 0 heterocycles. The highest BCUT2D eigenvalue weighted by Gasteiger charge is 2.23. The van der Waals surface area contributed by atoms with Crippen LogP contribution in [-0.2, 0) is 14.8 Å². The first-order valence-corrected chi connectivity index (χ1v) is 9.58. The fourth-order valence-corrected chi connectivity index (χ4v) is 2.98. The summed E-state index contributed by atoms with van der Waals surface area (Å²) in [5.41, 5.74) is 2.21. The van der Waals surface area contributed by atoms with E-state index in [-0.39, 0.29) is 21.3 Å². The van der Waals surface area contributed by atoms with Gasteiger partial charge in [-0.3, -0.25) is 4.79 Å². The largest absolute Gasteiger partial charge is 0.451 e. The molecular formula is C18H18ClNO5S. The SMILES string of the molecule is Cc1ccc(C(=O)[C@H](C)OC(=O)c2cc(S(N)(=O)=O)ccc2Cl)cc1C. The maximum atomic E-state index is 12.5. The van der Waals surface area contributed by atoms with E-state index in [4.69, 9.17) is 21.5 Å². The van der Waals surface area contributed by atoms with Crippen LogP contribution < -0.4 is 5.14 Å². The molecule has 0 fully saturated rings. The van der Waals surface area contributed by atoms with Gasteiger partial charge in [0.1, 0.15) is 0 Å². The van der Waals surface area contributed by atoms with Crippen LogP contribution in [0.25, 0.3) is 0 Å². The molecule has 0 bridgehead atoms. The Morgan fingerprint density at radius 2 is 1.73 bits per heavy atom. The van der Waals surface area contributed by atoms with Crippen molar-refractivity contribution in [1.29, 1.82) is 0 Å². The molecule has 0 saturated heterocycles. The summed E-state index contributed by atoms with van der Waals surface area (Å²) < 4.78 is 28.0. The standard InChI is InChI=1S/C18H18ClNO5S/c1-10-4-5-13(8-11(10)2)17(21)12(3)25-18(22)15-9-14(26(20,23)24)6-7-16(15)19/h4-9,12H,1-3H3,(H2,20,23,24)/t12-/m0/s1. The molecule has 0 aliphatic heterocycles. The van der Waals surface area contributed by atoms with Gasteiger partial charge in [0, 0.05) is 5.56 Å². The molecule has 0 spiro atoms. The molecule has 2 aromatic rings. The Hall–Kier alpha value is -2.22. The number of carbonyl (C=O) groups is 2. The predicted octanol–water partition coefficient (Wildman–Crippen LogP) is 3.03. The van der Waals surface area contributed by atoms with E-state index in [1.165, 1.54) is 19.1 Å². The third kappa shape index (κ3) is 4.49. The molecule has 0 radical (unpaired) electrons. The van der Waals surface area contributed by atoms with Crippen molar-refractivity contribution in [1.82, 2.24) is 0 Å². The summed E-state index contributed by atoms with van der Waals surface area (Å²) in [5, 5.41) is 5.04. The monoisotopic (exact) mass is 395 g/mol. The minimum atomic E-state index is -4.01. The third-order valence-corrected chi connectivity index (χ3v) is 5.17. The summed E-state index contributed by atoms with van der Waals surface area (Å²) in [6.45, 7) is 5.24. The lowest BCUT2D eigenvalue weighted by Gasteiger charge is -2.14. The second-order valence-corrected chi connectivity index (χ2v) is 7.87. The van der Waals surface area contributed by atoms with Crippen LogP contribution in [0.1, 0.15) is 38.8 Å². The first-order valence-electron chi connectivity index (χ1n) is 7.65. The highest BCUT2D eigenvalue weighted by molar-refractivity contribution is 7.89. The van der Waals surface area contributed by atoms with E-state index in [1.54, 1.807) is 12.1 Å². The summed E-state index contributed by atoms with van der Waals surface area (Å²) in [4.78, 5) is 24.5. The van der Waals surface area contributed by atoms with Gasteiger partial charge in [-0.15, -0.1) is 0 Å². The molecule has 8 heteroatoms. The van der Waals surface area contributed by atoms with Crippen LogP contribution in [0.4, 0.5) is 0 Å². The molecule has 0 amide bonds. The van der Waals surface area contributed by atoms with Crippen molar-refractivity contribution in [2.24, 2.45) is 5.14 Å². The molecule has 0 aliphatic carbocycles. The number of halogens is 1. The number of Topliss-reactive ketones (excluding diaryl/α,β-unsaturated/α-hetero) is 1. The number of aryl methyl sites for hydroxylation is 2. The van der Waals surface area contributed by atoms with Gasteiger partial charge in [-0.25, -0.2) is 18.4 Å². The number of carbonyl (C=O) groups excluding carboxylic acids is 2. The number of nitrogens with two attached hydrogens (primary N) is 1. The van der Waals surface area contributed by atoms with Gasteiger partial charge in [-0.1, -0.05) is 23.7 Å². The second-order valence-electron chi connectivity index (χ2n) is 5.90. The Bertz CT molecular complexity index is 985. The Balaban J connectivity index is 2.23. The minimum absolute atomic E-state index is 0.00627. The zero-order chi connectivity index (χ0) is 19.6. The molecule has 2 rings (SSSR count). The van der Waals surface area contributed by atoms with E-state index in [2.05, 4.69) is 0 Å². The number of hydrogen-bond donors (Lipinski definition) is 1. The molecule has 6 nitrogen and oxygen atoms in total. The summed E-state index contributed by atoms with van der Waals surface area (Å²) in [5.74, 6) is -1.29. The van der Waals surface area contributed by atoms with Crippen LogP contribution in [0.2, 0.25) is 5.02 Å². The van der Waals surface area contributed by atoms with Crippen molar-refractivity contribution in [3.05, 3.63) is 63.7 Å². The van der Waals surface area contributed by atoms with Crippen molar-refractivity contribution in [2.75, 3.05) is 0 Å². The van der Waals surface area contributed by atoms with Crippen LogP contribution in [0.3, 0.4) is 0 Å². The number of esters is 1. The fourth-order valence-electron chi connectivity index (χ4n) is 2.24. The molecule has 0 unspecified atom stereocenters. The molecule has 1 atom stereocenters. The minimum Gasteiger partial charge on any atom is -0.451 e. The van der Waals surface area contributed by atoms with Crippen LogP contribution >= 0.6 is 11.6 Å². The first-order chi connectivity index (χ1) is 12.0. The number of sulfonamides is 1. The smallest absolute Gasteiger partial charge is 0.340 e. The predicted molar refractivity (Wildman–Crippen MR) is 97.9 cm³/mol. The van der Waals surface area contributed by atoms with Gasteiger partial charge in [0.25, 0.3) is 0 Å². The lowest BCUT2D eigenvalue weighted by atomic mass is 10.0. The summed E-state index contributed by atoms with van der Waals surface area (Å²) in [6.07, 6.45) is -1.07. The topological polar surface area (TPSA) is 104 Å². The van der Waals surface area contributed by atoms with E-state index in [9.17, 15) is 18.0 Å². The van der Waals surface area contributed by atoms with Crippen molar-refractivity contribution in [3.8, 4) is 0 Å². The molecule has 138 valence electrons. The maximum Gasteiger partial charge on any atom is 0.340 e. The molecular weight excluding hydrogens is 378 g/mol. The molecule has 0 saturated carbocycles. The second kappa shape index (κ2) is 7.57. The van der Waals surface area contributed by atoms with Crippen LogP contribution in [0, 0.1) is 13.8 Å². The number of benzene rings is 2. The van der Waals surface area contributed by atoms with Gasteiger partial charge in [0.15, 0.2) is 6.10 Å². The van der Waals surface area contributed by atoms with Crippen LogP contribution in [0.15, 0.2) is 41.3 Å². The zero-order valence-electron chi connectivity index (χ0n) is 14.4. The number of primary sulfonamides is 1. The van der Waals surface area contributed by atoms with E-state index in [0.29, 0.717) is 5.56 Å². The van der Waals surface area contributed by atoms with Gasteiger partial charge in [-0.05, 0) is 56.2 Å². The van der Waals surface area contributed by atoms with E-state index in [0.717, 1.165) is 17.2 Å². The van der Waals surface area contributed by atoms with Crippen molar-refractivity contribution in [3.63, 3.8) is 0 Å².